The van der Waals surface area contributed by atoms with Gasteiger partial charge in [-0.1, -0.05) is 0 Å². The number of carbonyl (C=O) groups excluding carboxylic acids is 2. The average molecular weight is 362 g/mol. The van der Waals surface area contributed by atoms with Crippen molar-refractivity contribution in [2.24, 2.45) is 0 Å². The number of hydrogen-bond acceptors (Lipinski definition) is 6. The van der Waals surface area contributed by atoms with Crippen molar-refractivity contribution in [2.45, 2.75) is 12.8 Å². The normalized spacial score (nSPS) is 13.9. The van der Waals surface area contributed by atoms with Crippen LogP contribution in [0.4, 0.5) is 5.69 Å². The lowest BCUT2D eigenvalue weighted by Crippen LogP contribution is -2.37. The van der Waals surface area contributed by atoms with Gasteiger partial charge >= 0.3 is 0 Å². The Labute approximate surface area is 146 Å². The number of nitrogens with zero attached hydrogens (tertiary/aromatic N) is 4. The number of benzene rings is 1. The van der Waals surface area contributed by atoms with Gasteiger partial charge in [-0.25, -0.2) is 9.77 Å². The summed E-state index contributed by atoms with van der Waals surface area (Å²) in [5.74, 6) is -0.154. The molecule has 0 radical (unpaired) electrons. The van der Waals surface area contributed by atoms with Crippen LogP contribution in [0.15, 0.2) is 24.3 Å². The number of aromatic amines is 1. The van der Waals surface area contributed by atoms with E-state index < -0.39 is 10.8 Å². The summed E-state index contributed by atoms with van der Waals surface area (Å²) < 4.78 is 1.44. The maximum atomic E-state index is 12.2. The lowest BCUT2D eigenvalue weighted by molar-refractivity contribution is -0.384. The first-order valence-corrected chi connectivity index (χ1v) is 7.86. The van der Waals surface area contributed by atoms with E-state index in [1.165, 1.54) is 33.8 Å². The van der Waals surface area contributed by atoms with Crippen molar-refractivity contribution in [1.29, 1.82) is 0 Å². The highest BCUT2D eigenvalue weighted by Gasteiger charge is 2.23. The Morgan fingerprint density at radius 1 is 1.40 bits per heavy atom. The van der Waals surface area contributed by atoms with Gasteiger partial charge in [-0.3, -0.25) is 25.1 Å². The Morgan fingerprint density at radius 3 is 2.72 bits per heavy atom. The molecular formula is C14H14N6O4S. The number of aromatic nitrogens is 3. The van der Waals surface area contributed by atoms with Gasteiger partial charge in [-0.15, -0.1) is 0 Å². The quantitative estimate of drug-likeness (QED) is 0.468. The van der Waals surface area contributed by atoms with Gasteiger partial charge in [0, 0.05) is 30.7 Å². The van der Waals surface area contributed by atoms with Crippen LogP contribution in [-0.2, 0) is 9.59 Å². The largest absolute Gasteiger partial charge is 0.333 e. The summed E-state index contributed by atoms with van der Waals surface area (Å²) in [5, 5.41) is 17.3. The lowest BCUT2D eigenvalue weighted by Gasteiger charge is -2.15. The molecular weight excluding hydrogens is 348 g/mol. The highest BCUT2D eigenvalue weighted by Crippen LogP contribution is 2.20. The number of nitro benzene ring substituents is 1. The lowest BCUT2D eigenvalue weighted by atomic mass is 10.2. The minimum Gasteiger partial charge on any atom is -0.333 e. The highest BCUT2D eigenvalue weighted by atomic mass is 32.1. The molecule has 25 heavy (non-hydrogen) atoms. The molecule has 1 aliphatic rings. The van der Waals surface area contributed by atoms with Crippen molar-refractivity contribution in [3.05, 3.63) is 39.2 Å². The summed E-state index contributed by atoms with van der Waals surface area (Å²) in [7, 11) is 0. The van der Waals surface area contributed by atoms with Crippen LogP contribution in [0, 0.1) is 14.9 Å². The van der Waals surface area contributed by atoms with Gasteiger partial charge in [-0.2, -0.15) is 5.10 Å². The smallest absolute Gasteiger partial charge is 0.269 e. The summed E-state index contributed by atoms with van der Waals surface area (Å²) in [6.45, 7) is 0.490. The predicted molar refractivity (Wildman–Crippen MR) is 89.7 cm³/mol. The molecule has 1 aromatic carbocycles. The minimum absolute atomic E-state index is 0.0541. The van der Waals surface area contributed by atoms with Crippen molar-refractivity contribution >= 4 is 29.7 Å². The zero-order valence-corrected chi connectivity index (χ0v) is 13.8. The molecule has 2 amide bonds. The van der Waals surface area contributed by atoms with Crippen molar-refractivity contribution in [3.63, 3.8) is 0 Å². The van der Waals surface area contributed by atoms with E-state index in [2.05, 4.69) is 15.6 Å². The number of hydrogen-bond donors (Lipinski definition) is 2. The van der Waals surface area contributed by atoms with Gasteiger partial charge < -0.3 is 4.90 Å². The molecule has 0 aliphatic carbocycles. The molecule has 1 fully saturated rings. The molecule has 3 rings (SSSR count). The summed E-state index contributed by atoms with van der Waals surface area (Å²) in [4.78, 5) is 35.5. The Kier molecular flexibility index (Phi) is 4.57. The summed E-state index contributed by atoms with van der Waals surface area (Å²) >= 11 is 5.11. The first kappa shape index (κ1) is 16.8. The number of carbonyl (C=O) groups is 2. The third-order valence-corrected chi connectivity index (χ3v) is 4.02. The standard InChI is InChI=1S/C14H14N6O4S/c21-11(8-18-7-1-2-12(18)22)17-19-13(15-16-14(19)25)9-3-5-10(6-4-9)20(23)24/h3-6H,1-2,7-8H2,(H,16,25)(H,17,21). The summed E-state index contributed by atoms with van der Waals surface area (Å²) in [6, 6.07) is 5.69. The van der Waals surface area contributed by atoms with Crippen LogP contribution in [-0.4, -0.2) is 49.6 Å². The average Bonchev–Trinajstić information content (AvgIpc) is 3.14. The van der Waals surface area contributed by atoms with Gasteiger partial charge in [0.25, 0.3) is 11.6 Å². The fraction of sp³-hybridized carbons (Fsp3) is 0.286. The van der Waals surface area contributed by atoms with E-state index in [0.29, 0.717) is 24.4 Å². The van der Waals surface area contributed by atoms with E-state index in [9.17, 15) is 19.7 Å². The number of likely N-dealkylation sites (tertiary alicyclic amines) is 1. The van der Waals surface area contributed by atoms with Gasteiger partial charge in [-0.05, 0) is 30.8 Å². The molecule has 0 bridgehead atoms. The van der Waals surface area contributed by atoms with E-state index in [4.69, 9.17) is 12.2 Å². The molecule has 10 nitrogen and oxygen atoms in total. The van der Waals surface area contributed by atoms with Crippen LogP contribution in [0.5, 0.6) is 0 Å². The fourth-order valence-electron chi connectivity index (χ4n) is 2.53. The molecule has 0 saturated carbocycles. The van der Waals surface area contributed by atoms with E-state index in [1.807, 2.05) is 0 Å². The Balaban J connectivity index is 1.79. The molecule has 2 aromatic rings. The van der Waals surface area contributed by atoms with Crippen LogP contribution in [0.3, 0.4) is 0 Å². The first-order valence-electron chi connectivity index (χ1n) is 7.45. The second-order valence-corrected chi connectivity index (χ2v) is 5.83. The molecule has 0 atom stereocenters. The van der Waals surface area contributed by atoms with Gasteiger partial charge in [0.05, 0.1) is 4.92 Å². The topological polar surface area (TPSA) is 126 Å². The third kappa shape index (κ3) is 3.55. The van der Waals surface area contributed by atoms with Crippen LogP contribution >= 0.6 is 12.2 Å². The molecule has 1 aromatic heterocycles. The van der Waals surface area contributed by atoms with Crippen molar-refractivity contribution in [3.8, 4) is 11.4 Å². The number of nitro groups is 1. The van der Waals surface area contributed by atoms with Crippen molar-refractivity contribution < 1.29 is 14.5 Å². The molecule has 0 spiro atoms. The Hall–Kier alpha value is -3.08. The van der Waals surface area contributed by atoms with Crippen molar-refractivity contribution in [1.82, 2.24) is 19.8 Å². The Morgan fingerprint density at radius 2 is 2.12 bits per heavy atom. The minimum atomic E-state index is -0.504. The van der Waals surface area contributed by atoms with E-state index >= 15 is 0 Å². The monoisotopic (exact) mass is 362 g/mol. The van der Waals surface area contributed by atoms with Gasteiger partial charge in [0.2, 0.25) is 10.7 Å². The zero-order chi connectivity index (χ0) is 18.0. The molecule has 130 valence electrons. The second kappa shape index (κ2) is 6.81. The summed E-state index contributed by atoms with van der Waals surface area (Å²) in [6.07, 6.45) is 1.19. The van der Waals surface area contributed by atoms with E-state index in [1.54, 1.807) is 0 Å². The summed E-state index contributed by atoms with van der Waals surface area (Å²) in [5.41, 5.74) is 3.08. The SMILES string of the molecule is O=C(CN1CCCC1=O)Nn1c(-c2ccc([N+](=O)[O-])cc2)n[nH]c1=S. The van der Waals surface area contributed by atoms with Crippen LogP contribution in [0.25, 0.3) is 11.4 Å². The molecule has 0 unspecified atom stereocenters. The molecule has 1 saturated heterocycles. The Bertz CT molecular complexity index is 887. The highest BCUT2D eigenvalue weighted by molar-refractivity contribution is 7.71. The van der Waals surface area contributed by atoms with Crippen LogP contribution < -0.4 is 5.43 Å². The second-order valence-electron chi connectivity index (χ2n) is 5.45. The predicted octanol–water partition coefficient (Wildman–Crippen LogP) is 1.21. The van der Waals surface area contributed by atoms with E-state index in [-0.39, 0.29) is 22.9 Å². The van der Waals surface area contributed by atoms with Crippen LogP contribution in [0.1, 0.15) is 12.8 Å². The molecule has 2 N–H and O–H groups in total. The van der Waals surface area contributed by atoms with Gasteiger partial charge in [0.15, 0.2) is 5.82 Å². The van der Waals surface area contributed by atoms with Crippen molar-refractivity contribution in [2.75, 3.05) is 18.5 Å². The number of amides is 2. The molecule has 11 heteroatoms. The molecule has 2 heterocycles. The maximum absolute atomic E-state index is 12.2. The fourth-order valence-corrected chi connectivity index (χ4v) is 2.71. The van der Waals surface area contributed by atoms with E-state index in [0.717, 1.165) is 6.42 Å². The van der Waals surface area contributed by atoms with Crippen LogP contribution in [0.2, 0.25) is 0 Å². The third-order valence-electron chi connectivity index (χ3n) is 3.75. The van der Waals surface area contributed by atoms with Gasteiger partial charge in [0.1, 0.15) is 6.54 Å². The zero-order valence-electron chi connectivity index (χ0n) is 13.0. The number of H-pyrrole nitrogens is 1. The maximum Gasteiger partial charge on any atom is 0.269 e. The first-order chi connectivity index (χ1) is 12.0. The molecule has 1 aliphatic heterocycles. The number of rotatable bonds is 5. The number of nitrogens with one attached hydrogen (secondary N) is 2. The number of non-ortho nitro benzene ring substituents is 1.